The lowest BCUT2D eigenvalue weighted by molar-refractivity contribution is -0.384. The molecule has 1 aromatic heterocycles. The highest BCUT2D eigenvalue weighted by molar-refractivity contribution is 9.10. The Labute approximate surface area is 145 Å². The highest BCUT2D eigenvalue weighted by atomic mass is 79.9. The molecular formula is C15H15BrN4O4. The molecule has 1 amide bonds. The Hall–Kier alpha value is -2.42. The number of nitrogens with one attached hydrogen (secondary N) is 1. The molecule has 24 heavy (non-hydrogen) atoms. The minimum Gasteiger partial charge on any atom is -0.465 e. The van der Waals surface area contributed by atoms with E-state index in [0.717, 1.165) is 10.9 Å². The number of aromatic nitrogens is 1. The average molecular weight is 395 g/mol. The zero-order chi connectivity index (χ0) is 17.3. The molecule has 2 aromatic rings. The molecule has 1 aliphatic heterocycles. The molecule has 2 heterocycles. The first-order valence-electron chi connectivity index (χ1n) is 7.43. The summed E-state index contributed by atoms with van der Waals surface area (Å²) >= 11 is 3.39. The van der Waals surface area contributed by atoms with Crippen LogP contribution >= 0.6 is 15.9 Å². The Balaban J connectivity index is 2.08. The second kappa shape index (κ2) is 6.60. The average Bonchev–Trinajstić information content (AvgIpc) is 2.53. The van der Waals surface area contributed by atoms with E-state index in [0.29, 0.717) is 36.1 Å². The minimum atomic E-state index is -1.08. The van der Waals surface area contributed by atoms with Gasteiger partial charge in [-0.05, 0) is 31.0 Å². The van der Waals surface area contributed by atoms with Crippen LogP contribution in [-0.2, 0) is 0 Å². The fourth-order valence-electron chi connectivity index (χ4n) is 3.08. The van der Waals surface area contributed by atoms with E-state index in [1.54, 1.807) is 12.1 Å². The van der Waals surface area contributed by atoms with Crippen molar-refractivity contribution in [3.8, 4) is 0 Å². The van der Waals surface area contributed by atoms with Crippen LogP contribution in [0.1, 0.15) is 12.8 Å². The third kappa shape index (κ3) is 3.25. The predicted octanol–water partition coefficient (Wildman–Crippen LogP) is 3.14. The zero-order valence-corrected chi connectivity index (χ0v) is 14.2. The van der Waals surface area contributed by atoms with Crippen molar-refractivity contribution in [2.45, 2.75) is 18.9 Å². The topological polar surface area (TPSA) is 109 Å². The number of halogens is 1. The molecule has 9 heteroatoms. The zero-order valence-electron chi connectivity index (χ0n) is 12.6. The van der Waals surface area contributed by atoms with Gasteiger partial charge in [0.15, 0.2) is 0 Å². The van der Waals surface area contributed by atoms with Gasteiger partial charge in [0.2, 0.25) is 0 Å². The SMILES string of the molecule is O=C(O)N[C@H]1CCCN(c2c([N+](=O)[O-])cnc3ccc(Br)cc23)C1. The molecule has 1 aliphatic rings. The number of carboxylic acid groups (broad SMARTS) is 1. The van der Waals surface area contributed by atoms with Crippen LogP contribution in [0.15, 0.2) is 28.9 Å². The van der Waals surface area contributed by atoms with Gasteiger partial charge in [0.1, 0.15) is 11.9 Å². The van der Waals surface area contributed by atoms with Gasteiger partial charge >= 0.3 is 11.8 Å². The standard InChI is InChI=1S/C15H15BrN4O4/c16-9-3-4-12-11(6-9)14(13(7-17-12)20(23)24)19-5-1-2-10(8-19)18-15(21)22/h3-4,6-7,10,18H,1-2,5,8H2,(H,21,22)/t10-/m0/s1. The number of carbonyl (C=O) groups is 1. The van der Waals surface area contributed by atoms with Gasteiger partial charge in [0.25, 0.3) is 0 Å². The van der Waals surface area contributed by atoms with Gasteiger partial charge in [-0.15, -0.1) is 0 Å². The molecular weight excluding hydrogens is 380 g/mol. The van der Waals surface area contributed by atoms with E-state index in [4.69, 9.17) is 5.11 Å². The number of pyridine rings is 1. The van der Waals surface area contributed by atoms with Gasteiger partial charge in [-0.1, -0.05) is 15.9 Å². The monoisotopic (exact) mass is 394 g/mol. The van der Waals surface area contributed by atoms with Crippen LogP contribution < -0.4 is 10.2 Å². The number of rotatable bonds is 3. The molecule has 1 fully saturated rings. The molecule has 1 atom stereocenters. The predicted molar refractivity (Wildman–Crippen MR) is 92.5 cm³/mol. The van der Waals surface area contributed by atoms with E-state index in [2.05, 4.69) is 26.2 Å². The molecule has 1 saturated heterocycles. The summed E-state index contributed by atoms with van der Waals surface area (Å²) in [5.41, 5.74) is 1.08. The highest BCUT2D eigenvalue weighted by Gasteiger charge is 2.28. The summed E-state index contributed by atoms with van der Waals surface area (Å²) in [7, 11) is 0. The van der Waals surface area contributed by atoms with Crippen molar-refractivity contribution in [3.05, 3.63) is 39.0 Å². The number of anilines is 1. The lowest BCUT2D eigenvalue weighted by Crippen LogP contribution is -2.47. The van der Waals surface area contributed by atoms with Crippen LogP contribution in [0.3, 0.4) is 0 Å². The molecule has 0 bridgehead atoms. The molecule has 3 rings (SSSR count). The van der Waals surface area contributed by atoms with E-state index in [1.165, 1.54) is 6.20 Å². The van der Waals surface area contributed by atoms with E-state index in [1.807, 2.05) is 11.0 Å². The van der Waals surface area contributed by atoms with Crippen molar-refractivity contribution < 1.29 is 14.8 Å². The fraction of sp³-hybridized carbons (Fsp3) is 0.333. The number of fused-ring (bicyclic) bond motifs is 1. The van der Waals surface area contributed by atoms with Gasteiger partial charge in [-0.3, -0.25) is 10.1 Å². The van der Waals surface area contributed by atoms with Crippen molar-refractivity contribution in [3.63, 3.8) is 0 Å². The summed E-state index contributed by atoms with van der Waals surface area (Å²) in [5, 5.41) is 23.5. The summed E-state index contributed by atoms with van der Waals surface area (Å²) < 4.78 is 0.802. The summed E-state index contributed by atoms with van der Waals surface area (Å²) in [6.07, 6.45) is 1.64. The summed E-state index contributed by atoms with van der Waals surface area (Å²) in [6, 6.07) is 5.17. The van der Waals surface area contributed by atoms with Crippen LogP contribution in [0, 0.1) is 10.1 Å². The third-order valence-corrected chi connectivity index (χ3v) is 4.54. The van der Waals surface area contributed by atoms with Crippen molar-refractivity contribution in [1.29, 1.82) is 0 Å². The quantitative estimate of drug-likeness (QED) is 0.611. The summed E-state index contributed by atoms with van der Waals surface area (Å²) in [6.45, 7) is 1.02. The number of nitrogens with zero attached hydrogens (tertiary/aromatic N) is 3. The van der Waals surface area contributed by atoms with Crippen molar-refractivity contribution in [2.24, 2.45) is 0 Å². The smallest absolute Gasteiger partial charge is 0.404 e. The Morgan fingerprint density at radius 2 is 2.29 bits per heavy atom. The van der Waals surface area contributed by atoms with Crippen LogP contribution in [0.5, 0.6) is 0 Å². The summed E-state index contributed by atoms with van der Waals surface area (Å²) in [4.78, 5) is 28.0. The second-order valence-electron chi connectivity index (χ2n) is 5.65. The van der Waals surface area contributed by atoms with Crippen LogP contribution in [0.25, 0.3) is 10.9 Å². The lowest BCUT2D eigenvalue weighted by atomic mass is 10.0. The third-order valence-electron chi connectivity index (χ3n) is 4.04. The molecule has 126 valence electrons. The van der Waals surface area contributed by atoms with Gasteiger partial charge in [0.05, 0.1) is 10.4 Å². The Kier molecular flexibility index (Phi) is 4.52. The number of hydrogen-bond donors (Lipinski definition) is 2. The first-order valence-corrected chi connectivity index (χ1v) is 8.22. The Morgan fingerprint density at radius 3 is 3.00 bits per heavy atom. The largest absolute Gasteiger partial charge is 0.465 e. The molecule has 0 radical (unpaired) electrons. The number of hydrogen-bond acceptors (Lipinski definition) is 5. The lowest BCUT2D eigenvalue weighted by Gasteiger charge is -2.34. The molecule has 0 saturated carbocycles. The number of nitro groups is 1. The van der Waals surface area contributed by atoms with Gasteiger partial charge in [-0.25, -0.2) is 9.78 Å². The van der Waals surface area contributed by atoms with Crippen LogP contribution in [0.2, 0.25) is 0 Å². The van der Waals surface area contributed by atoms with Crippen molar-refractivity contribution >= 4 is 44.3 Å². The molecule has 0 spiro atoms. The molecule has 1 aromatic carbocycles. The Morgan fingerprint density at radius 1 is 1.50 bits per heavy atom. The molecule has 8 nitrogen and oxygen atoms in total. The normalized spacial score (nSPS) is 17.7. The molecule has 0 unspecified atom stereocenters. The van der Waals surface area contributed by atoms with Gasteiger partial charge in [-0.2, -0.15) is 0 Å². The second-order valence-corrected chi connectivity index (χ2v) is 6.56. The van der Waals surface area contributed by atoms with E-state index >= 15 is 0 Å². The maximum atomic E-state index is 11.5. The van der Waals surface area contributed by atoms with Gasteiger partial charge in [0, 0.05) is 29.0 Å². The van der Waals surface area contributed by atoms with E-state index in [-0.39, 0.29) is 11.7 Å². The minimum absolute atomic E-state index is 0.0726. The van der Waals surface area contributed by atoms with E-state index < -0.39 is 11.0 Å². The van der Waals surface area contributed by atoms with E-state index in [9.17, 15) is 14.9 Å². The van der Waals surface area contributed by atoms with Crippen LogP contribution in [-0.4, -0.2) is 40.2 Å². The number of piperidine rings is 1. The first kappa shape index (κ1) is 16.4. The Bertz CT molecular complexity index is 813. The molecule has 2 N–H and O–H groups in total. The highest BCUT2D eigenvalue weighted by Crippen LogP contribution is 2.37. The van der Waals surface area contributed by atoms with Crippen LogP contribution in [0.4, 0.5) is 16.2 Å². The molecule has 0 aliphatic carbocycles. The maximum absolute atomic E-state index is 11.5. The van der Waals surface area contributed by atoms with Crippen molar-refractivity contribution in [1.82, 2.24) is 10.3 Å². The summed E-state index contributed by atoms with van der Waals surface area (Å²) in [5.74, 6) is 0. The van der Waals surface area contributed by atoms with Crippen molar-refractivity contribution in [2.75, 3.05) is 18.0 Å². The number of amides is 1. The van der Waals surface area contributed by atoms with Gasteiger partial charge < -0.3 is 15.3 Å². The fourth-order valence-corrected chi connectivity index (χ4v) is 3.44. The maximum Gasteiger partial charge on any atom is 0.404 e. The first-order chi connectivity index (χ1) is 11.5. The number of benzene rings is 1.